The van der Waals surface area contributed by atoms with Gasteiger partial charge in [-0.25, -0.2) is 9.97 Å². The lowest BCUT2D eigenvalue weighted by atomic mass is 9.93. The van der Waals surface area contributed by atoms with Crippen LogP contribution in [0, 0.1) is 0 Å². The molecule has 1 aliphatic heterocycles. The zero-order valence-corrected chi connectivity index (χ0v) is 29.7. The summed E-state index contributed by atoms with van der Waals surface area (Å²) >= 11 is 0. The lowest BCUT2D eigenvalue weighted by Gasteiger charge is -2.19. The maximum Gasteiger partial charge on any atom is 0.160 e. The van der Waals surface area contributed by atoms with Crippen LogP contribution in [0.5, 0.6) is 0 Å². The van der Waals surface area contributed by atoms with Gasteiger partial charge >= 0.3 is 0 Å². The quantitative estimate of drug-likeness (QED) is 0.165. The molecule has 0 aliphatic carbocycles. The minimum absolute atomic E-state index is 0.725. The SMILES string of the molecule is C[Si]1(C)c2ccccc2-c2c(-c3ccc(-c4ccc(-c5ccc(-c6cc(-c7ccccc7)nc(-c7ccccc7)n6)cc5)cc4)cc3)cccc21. The number of nitrogens with zero attached hydrogens (tertiary/aromatic N) is 2. The van der Waals surface area contributed by atoms with Crippen LogP contribution in [0.15, 0.2) is 182 Å². The molecular formula is C48H36N2Si. The van der Waals surface area contributed by atoms with Crippen molar-refractivity contribution in [3.8, 4) is 78.4 Å². The van der Waals surface area contributed by atoms with E-state index in [1.807, 2.05) is 36.4 Å². The van der Waals surface area contributed by atoms with Gasteiger partial charge in [0.15, 0.2) is 5.82 Å². The van der Waals surface area contributed by atoms with Gasteiger partial charge in [0.1, 0.15) is 8.07 Å². The van der Waals surface area contributed by atoms with Gasteiger partial charge in [-0.2, -0.15) is 0 Å². The molecule has 242 valence electrons. The highest BCUT2D eigenvalue weighted by Crippen LogP contribution is 2.37. The summed E-state index contributed by atoms with van der Waals surface area (Å²) in [5.74, 6) is 0.725. The second kappa shape index (κ2) is 12.6. The van der Waals surface area contributed by atoms with Gasteiger partial charge in [-0.05, 0) is 60.9 Å². The predicted molar refractivity (Wildman–Crippen MR) is 217 cm³/mol. The molecule has 1 aromatic heterocycles. The molecule has 1 aliphatic rings. The molecule has 0 fully saturated rings. The van der Waals surface area contributed by atoms with E-state index in [4.69, 9.17) is 9.97 Å². The first-order valence-corrected chi connectivity index (χ1v) is 20.6. The van der Waals surface area contributed by atoms with Crippen molar-refractivity contribution in [1.29, 1.82) is 0 Å². The van der Waals surface area contributed by atoms with Gasteiger partial charge in [0.2, 0.25) is 0 Å². The maximum absolute atomic E-state index is 5.00. The van der Waals surface area contributed by atoms with E-state index in [-0.39, 0.29) is 0 Å². The zero-order chi connectivity index (χ0) is 34.4. The van der Waals surface area contributed by atoms with Crippen LogP contribution in [0.3, 0.4) is 0 Å². The Morgan fingerprint density at radius 1 is 0.333 bits per heavy atom. The van der Waals surface area contributed by atoms with Crippen LogP contribution in [0.4, 0.5) is 0 Å². The number of rotatable bonds is 6. The van der Waals surface area contributed by atoms with Gasteiger partial charge in [-0.3, -0.25) is 0 Å². The minimum atomic E-state index is -1.70. The first-order chi connectivity index (χ1) is 25.0. The van der Waals surface area contributed by atoms with E-state index in [0.717, 1.165) is 33.9 Å². The molecule has 0 amide bonds. The molecule has 0 saturated heterocycles. The summed E-state index contributed by atoms with van der Waals surface area (Å²) in [6, 6.07) is 65.2. The minimum Gasteiger partial charge on any atom is -0.228 e. The largest absolute Gasteiger partial charge is 0.228 e. The first-order valence-electron chi connectivity index (χ1n) is 17.6. The summed E-state index contributed by atoms with van der Waals surface area (Å²) in [7, 11) is -1.70. The van der Waals surface area contributed by atoms with Crippen LogP contribution in [-0.2, 0) is 0 Å². The van der Waals surface area contributed by atoms with Crippen LogP contribution in [0.2, 0.25) is 13.1 Å². The lowest BCUT2D eigenvalue weighted by Crippen LogP contribution is -2.49. The second-order valence-electron chi connectivity index (χ2n) is 13.8. The van der Waals surface area contributed by atoms with Gasteiger partial charge in [-0.15, -0.1) is 0 Å². The summed E-state index contributed by atoms with van der Waals surface area (Å²) in [6.45, 7) is 4.95. The highest BCUT2D eigenvalue weighted by atomic mass is 28.3. The van der Waals surface area contributed by atoms with E-state index in [1.165, 1.54) is 44.5 Å². The Morgan fingerprint density at radius 3 is 1.31 bits per heavy atom. The molecule has 0 N–H and O–H groups in total. The summed E-state index contributed by atoms with van der Waals surface area (Å²) < 4.78 is 0. The zero-order valence-electron chi connectivity index (χ0n) is 28.7. The van der Waals surface area contributed by atoms with Crippen molar-refractivity contribution in [1.82, 2.24) is 9.97 Å². The van der Waals surface area contributed by atoms with Gasteiger partial charge in [0.05, 0.1) is 11.4 Å². The fourth-order valence-electron chi connectivity index (χ4n) is 7.59. The molecule has 3 heteroatoms. The highest BCUT2D eigenvalue weighted by Gasteiger charge is 2.38. The molecule has 2 nitrogen and oxygen atoms in total. The molecule has 0 unspecified atom stereocenters. The second-order valence-corrected chi connectivity index (χ2v) is 18.2. The fourth-order valence-corrected chi connectivity index (χ4v) is 10.7. The molecule has 2 heterocycles. The van der Waals surface area contributed by atoms with Crippen LogP contribution >= 0.6 is 0 Å². The van der Waals surface area contributed by atoms with Crippen molar-refractivity contribution in [3.63, 3.8) is 0 Å². The van der Waals surface area contributed by atoms with E-state index in [1.54, 1.807) is 10.4 Å². The molecule has 51 heavy (non-hydrogen) atoms. The molecule has 9 rings (SSSR count). The molecule has 7 aromatic carbocycles. The fraction of sp³-hybridized carbons (Fsp3) is 0.0417. The Bertz CT molecular complexity index is 2450. The molecule has 8 aromatic rings. The summed E-state index contributed by atoms with van der Waals surface area (Å²) in [5, 5.41) is 3.09. The number of hydrogen-bond acceptors (Lipinski definition) is 2. The van der Waals surface area contributed by atoms with Crippen LogP contribution in [-0.4, -0.2) is 18.0 Å². The van der Waals surface area contributed by atoms with E-state index < -0.39 is 8.07 Å². The number of benzene rings is 7. The Hall–Kier alpha value is -6.16. The number of aromatic nitrogens is 2. The summed E-state index contributed by atoms with van der Waals surface area (Å²) in [4.78, 5) is 9.93. The molecular weight excluding hydrogens is 633 g/mol. The van der Waals surface area contributed by atoms with Gasteiger partial charge in [0.25, 0.3) is 0 Å². The number of hydrogen-bond donors (Lipinski definition) is 0. The first kappa shape index (κ1) is 30.9. The maximum atomic E-state index is 5.00. The molecule has 0 atom stereocenters. The van der Waals surface area contributed by atoms with Crippen LogP contribution < -0.4 is 10.4 Å². The predicted octanol–water partition coefficient (Wildman–Crippen LogP) is 11.3. The van der Waals surface area contributed by atoms with Crippen molar-refractivity contribution in [3.05, 3.63) is 182 Å². The van der Waals surface area contributed by atoms with Crippen molar-refractivity contribution < 1.29 is 0 Å². The van der Waals surface area contributed by atoms with Crippen molar-refractivity contribution in [2.24, 2.45) is 0 Å². The lowest BCUT2D eigenvalue weighted by molar-refractivity contribution is 1.18. The Morgan fingerprint density at radius 2 is 0.745 bits per heavy atom. The highest BCUT2D eigenvalue weighted by molar-refractivity contribution is 7.04. The Kier molecular flexibility index (Phi) is 7.64. The molecule has 0 saturated carbocycles. The van der Waals surface area contributed by atoms with Gasteiger partial charge < -0.3 is 0 Å². The van der Waals surface area contributed by atoms with Crippen molar-refractivity contribution in [2.45, 2.75) is 13.1 Å². The van der Waals surface area contributed by atoms with Gasteiger partial charge in [-0.1, -0.05) is 189 Å². The summed E-state index contributed by atoms with van der Waals surface area (Å²) in [5.41, 5.74) is 15.2. The average Bonchev–Trinajstić information content (AvgIpc) is 3.45. The van der Waals surface area contributed by atoms with Crippen molar-refractivity contribution in [2.75, 3.05) is 0 Å². The Balaban J connectivity index is 0.977. The number of fused-ring (bicyclic) bond motifs is 3. The third-order valence-electron chi connectivity index (χ3n) is 10.4. The van der Waals surface area contributed by atoms with Gasteiger partial charge in [0, 0.05) is 16.7 Å². The molecule has 0 bridgehead atoms. The Labute approximate surface area is 300 Å². The van der Waals surface area contributed by atoms with E-state index in [9.17, 15) is 0 Å². The third-order valence-corrected chi connectivity index (χ3v) is 13.9. The normalized spacial score (nSPS) is 12.7. The third kappa shape index (κ3) is 5.62. The van der Waals surface area contributed by atoms with E-state index in [2.05, 4.69) is 159 Å². The topological polar surface area (TPSA) is 25.8 Å². The van der Waals surface area contributed by atoms with E-state index >= 15 is 0 Å². The van der Waals surface area contributed by atoms with Crippen LogP contribution in [0.1, 0.15) is 0 Å². The summed E-state index contributed by atoms with van der Waals surface area (Å²) in [6.07, 6.45) is 0. The smallest absolute Gasteiger partial charge is 0.160 e. The molecule has 0 spiro atoms. The standard InChI is InChI=1S/C48H36N2Si/c1-51(2)45-18-10-9-16-42(45)47-41(17-11-19-46(47)51)37-28-24-35(25-29-37)33-20-22-34(23-21-33)36-26-30-39(31-27-36)44-32-43(38-12-5-3-6-13-38)49-48(50-44)40-14-7-4-8-15-40/h3-32H,1-2H3. The van der Waals surface area contributed by atoms with Crippen LogP contribution in [0.25, 0.3) is 78.4 Å². The average molecular weight is 669 g/mol. The molecule has 0 radical (unpaired) electrons. The monoisotopic (exact) mass is 668 g/mol. The van der Waals surface area contributed by atoms with Crippen molar-refractivity contribution >= 4 is 18.4 Å². The van der Waals surface area contributed by atoms with E-state index in [0.29, 0.717) is 0 Å².